The van der Waals surface area contributed by atoms with E-state index in [-0.39, 0.29) is 0 Å². The first kappa shape index (κ1) is 12.9. The summed E-state index contributed by atoms with van der Waals surface area (Å²) in [5.74, 6) is 1.42. The third-order valence-corrected chi connectivity index (χ3v) is 3.94. The number of hydrogen-bond acceptors (Lipinski definition) is 1. The molecule has 0 aliphatic heterocycles. The molecule has 1 aliphatic rings. The zero-order valence-electron chi connectivity index (χ0n) is 10.7. The summed E-state index contributed by atoms with van der Waals surface area (Å²) in [7, 11) is 0. The van der Waals surface area contributed by atoms with E-state index >= 15 is 0 Å². The Morgan fingerprint density at radius 2 is 1.88 bits per heavy atom. The average molecular weight is 252 g/mol. The van der Waals surface area contributed by atoms with Gasteiger partial charge in [-0.3, -0.25) is 0 Å². The van der Waals surface area contributed by atoms with Crippen LogP contribution in [0.25, 0.3) is 0 Å². The van der Waals surface area contributed by atoms with Crippen molar-refractivity contribution >= 4 is 11.6 Å². The highest BCUT2D eigenvalue weighted by Gasteiger charge is 2.26. The fourth-order valence-corrected chi connectivity index (χ4v) is 2.77. The normalized spacial score (nSPS) is 23.8. The smallest absolute Gasteiger partial charge is 0.0342 e. The van der Waals surface area contributed by atoms with Crippen molar-refractivity contribution in [2.45, 2.75) is 44.5 Å². The first-order valence-corrected chi connectivity index (χ1v) is 7.02. The molecule has 1 aromatic rings. The van der Waals surface area contributed by atoms with E-state index in [2.05, 4.69) is 43.4 Å². The lowest BCUT2D eigenvalue weighted by molar-refractivity contribution is 0.308. The van der Waals surface area contributed by atoms with Crippen LogP contribution in [0.4, 0.5) is 0 Å². The van der Waals surface area contributed by atoms with E-state index in [1.54, 1.807) is 0 Å². The van der Waals surface area contributed by atoms with Crippen LogP contribution in [0.15, 0.2) is 24.3 Å². The Bertz CT molecular complexity index is 338. The average Bonchev–Trinajstić information content (AvgIpc) is 2.27. The summed E-state index contributed by atoms with van der Waals surface area (Å²) in [6.45, 7) is 6.54. The van der Waals surface area contributed by atoms with Crippen LogP contribution < -0.4 is 5.32 Å². The van der Waals surface area contributed by atoms with E-state index in [0.29, 0.717) is 11.3 Å². The van der Waals surface area contributed by atoms with Gasteiger partial charge in [-0.05, 0) is 42.3 Å². The summed E-state index contributed by atoms with van der Waals surface area (Å²) in [6.07, 6.45) is 2.36. The summed E-state index contributed by atoms with van der Waals surface area (Å²) >= 11 is 5.96. The first-order chi connectivity index (χ1) is 8.15. The Balaban J connectivity index is 1.71. The van der Waals surface area contributed by atoms with Gasteiger partial charge in [0.25, 0.3) is 0 Å². The van der Waals surface area contributed by atoms with Crippen molar-refractivity contribution in [3.05, 3.63) is 35.4 Å². The summed E-state index contributed by atoms with van der Waals surface area (Å²) in [4.78, 5) is 0. The van der Waals surface area contributed by atoms with Crippen molar-refractivity contribution in [2.75, 3.05) is 6.54 Å². The van der Waals surface area contributed by atoms with Gasteiger partial charge in [-0.1, -0.05) is 38.1 Å². The molecule has 2 rings (SSSR count). The second kappa shape index (κ2) is 5.88. The van der Waals surface area contributed by atoms with Crippen LogP contribution in [-0.2, 0) is 6.54 Å². The Morgan fingerprint density at radius 1 is 1.24 bits per heavy atom. The molecule has 0 bridgehead atoms. The molecule has 0 heterocycles. The number of halogens is 1. The molecule has 0 spiro atoms. The van der Waals surface area contributed by atoms with Gasteiger partial charge in [0.2, 0.25) is 0 Å². The summed E-state index contributed by atoms with van der Waals surface area (Å²) < 4.78 is 0. The zero-order valence-corrected chi connectivity index (χ0v) is 11.5. The zero-order chi connectivity index (χ0) is 12.3. The predicted octanol–water partition coefficient (Wildman–Crippen LogP) is 3.92. The molecule has 1 saturated carbocycles. The quantitative estimate of drug-likeness (QED) is 0.783. The van der Waals surface area contributed by atoms with Crippen molar-refractivity contribution in [1.29, 1.82) is 0 Å². The van der Waals surface area contributed by atoms with Crippen molar-refractivity contribution < 1.29 is 0 Å². The molecule has 0 saturated heterocycles. The Kier molecular flexibility index (Phi) is 4.47. The molecule has 94 valence electrons. The maximum absolute atomic E-state index is 5.96. The summed E-state index contributed by atoms with van der Waals surface area (Å²) in [5.41, 5.74) is 2.79. The van der Waals surface area contributed by atoms with Gasteiger partial charge in [-0.2, -0.15) is 0 Å². The SMILES string of the molecule is CC(C)c1ccc(CNCC2CC(Cl)C2)cc1. The fourth-order valence-electron chi connectivity index (χ4n) is 2.26. The van der Waals surface area contributed by atoms with Gasteiger partial charge >= 0.3 is 0 Å². The van der Waals surface area contributed by atoms with Crippen LogP contribution in [0.3, 0.4) is 0 Å². The van der Waals surface area contributed by atoms with E-state index in [4.69, 9.17) is 11.6 Å². The molecule has 0 aromatic heterocycles. The van der Waals surface area contributed by atoms with Crippen molar-refractivity contribution in [3.8, 4) is 0 Å². The Labute approximate surface area is 110 Å². The van der Waals surface area contributed by atoms with Crippen LogP contribution >= 0.6 is 11.6 Å². The topological polar surface area (TPSA) is 12.0 Å². The van der Waals surface area contributed by atoms with E-state index < -0.39 is 0 Å². The van der Waals surface area contributed by atoms with Gasteiger partial charge in [0.05, 0.1) is 0 Å². The first-order valence-electron chi connectivity index (χ1n) is 6.58. The minimum atomic E-state index is 0.437. The van der Waals surface area contributed by atoms with Gasteiger partial charge < -0.3 is 5.32 Å². The minimum absolute atomic E-state index is 0.437. The van der Waals surface area contributed by atoms with Crippen LogP contribution in [0.5, 0.6) is 0 Å². The number of alkyl halides is 1. The lowest BCUT2D eigenvalue weighted by Crippen LogP contribution is -2.33. The Hall–Kier alpha value is -0.530. The van der Waals surface area contributed by atoms with E-state index in [9.17, 15) is 0 Å². The Morgan fingerprint density at radius 3 is 2.41 bits per heavy atom. The molecule has 17 heavy (non-hydrogen) atoms. The number of rotatable bonds is 5. The second-order valence-electron chi connectivity index (χ2n) is 5.46. The fraction of sp³-hybridized carbons (Fsp3) is 0.600. The van der Waals surface area contributed by atoms with Gasteiger partial charge in [0, 0.05) is 11.9 Å². The van der Waals surface area contributed by atoms with Crippen LogP contribution in [-0.4, -0.2) is 11.9 Å². The van der Waals surface area contributed by atoms with Crippen LogP contribution in [0.2, 0.25) is 0 Å². The molecule has 0 radical (unpaired) electrons. The molecular formula is C15H22ClN. The van der Waals surface area contributed by atoms with Crippen molar-refractivity contribution in [3.63, 3.8) is 0 Å². The lowest BCUT2D eigenvalue weighted by Gasteiger charge is -2.31. The van der Waals surface area contributed by atoms with Gasteiger partial charge in [-0.15, -0.1) is 11.6 Å². The highest BCUT2D eigenvalue weighted by Crippen LogP contribution is 2.31. The molecule has 0 amide bonds. The van der Waals surface area contributed by atoms with Gasteiger partial charge in [-0.25, -0.2) is 0 Å². The maximum Gasteiger partial charge on any atom is 0.0342 e. The monoisotopic (exact) mass is 251 g/mol. The number of benzene rings is 1. The molecule has 1 fully saturated rings. The molecule has 0 unspecified atom stereocenters. The molecule has 1 nitrogen and oxygen atoms in total. The van der Waals surface area contributed by atoms with E-state index in [1.165, 1.54) is 24.0 Å². The van der Waals surface area contributed by atoms with Crippen molar-refractivity contribution in [2.24, 2.45) is 5.92 Å². The predicted molar refractivity (Wildman–Crippen MR) is 74.6 cm³/mol. The van der Waals surface area contributed by atoms with Crippen LogP contribution in [0, 0.1) is 5.92 Å². The van der Waals surface area contributed by atoms with Crippen molar-refractivity contribution in [1.82, 2.24) is 5.32 Å². The van der Waals surface area contributed by atoms with Crippen LogP contribution in [0.1, 0.15) is 43.7 Å². The third kappa shape index (κ3) is 3.72. The molecule has 1 aromatic carbocycles. The third-order valence-electron chi connectivity index (χ3n) is 3.59. The molecule has 1 N–H and O–H groups in total. The highest BCUT2D eigenvalue weighted by molar-refractivity contribution is 6.21. The van der Waals surface area contributed by atoms with Gasteiger partial charge in [0.15, 0.2) is 0 Å². The number of hydrogen-bond donors (Lipinski definition) is 1. The lowest BCUT2D eigenvalue weighted by atomic mass is 9.85. The minimum Gasteiger partial charge on any atom is -0.312 e. The molecule has 0 atom stereocenters. The molecular weight excluding hydrogens is 230 g/mol. The standard InChI is InChI=1S/C15H22ClN/c1-11(2)14-5-3-12(4-6-14)9-17-10-13-7-15(16)8-13/h3-6,11,13,15,17H,7-10H2,1-2H3. The largest absolute Gasteiger partial charge is 0.312 e. The maximum atomic E-state index is 5.96. The molecule has 2 heteroatoms. The number of nitrogens with one attached hydrogen (secondary N) is 1. The van der Waals surface area contributed by atoms with E-state index in [0.717, 1.165) is 19.0 Å². The highest BCUT2D eigenvalue weighted by atomic mass is 35.5. The summed E-state index contributed by atoms with van der Waals surface area (Å²) in [5, 5.41) is 3.95. The second-order valence-corrected chi connectivity index (χ2v) is 6.08. The molecule has 1 aliphatic carbocycles. The van der Waals surface area contributed by atoms with E-state index in [1.807, 2.05) is 0 Å². The van der Waals surface area contributed by atoms with Gasteiger partial charge in [0.1, 0.15) is 0 Å². The summed E-state index contributed by atoms with van der Waals surface area (Å²) in [6, 6.07) is 8.93.